The van der Waals surface area contributed by atoms with Gasteiger partial charge in [0.25, 0.3) is 0 Å². The van der Waals surface area contributed by atoms with Crippen LogP contribution in [-0.2, 0) is 9.59 Å². The molecule has 0 radical (unpaired) electrons. The van der Waals surface area contributed by atoms with Crippen LogP contribution >= 0.6 is 0 Å². The average Bonchev–Trinajstić information content (AvgIpc) is 3.08. The number of rotatable bonds is 3. The van der Waals surface area contributed by atoms with E-state index in [2.05, 4.69) is 15.5 Å². The van der Waals surface area contributed by atoms with Crippen molar-refractivity contribution < 1.29 is 18.8 Å². The fraction of sp³-hybridized carbons (Fsp3) is 0.412. The van der Waals surface area contributed by atoms with E-state index in [1.807, 2.05) is 0 Å². The maximum Gasteiger partial charge on any atom is 0.313 e. The summed E-state index contributed by atoms with van der Waals surface area (Å²) >= 11 is 0. The molecular weight excluding hydrogens is 324 g/mol. The Balaban J connectivity index is 1.61. The number of aromatic nitrogens is 2. The van der Waals surface area contributed by atoms with Gasteiger partial charge in [0, 0.05) is 18.8 Å². The van der Waals surface area contributed by atoms with Crippen LogP contribution in [0.25, 0.3) is 0 Å². The average molecular weight is 344 g/mol. The first-order chi connectivity index (χ1) is 12.1. The molecular formula is C17H20N4O4. The lowest BCUT2D eigenvalue weighted by Crippen LogP contribution is -2.44. The zero-order valence-electron chi connectivity index (χ0n) is 14.2. The van der Waals surface area contributed by atoms with Gasteiger partial charge in [-0.2, -0.15) is 4.98 Å². The number of ether oxygens (including phenoxy) is 1. The molecule has 2 aromatic rings. The Morgan fingerprint density at radius 1 is 1.32 bits per heavy atom. The van der Waals surface area contributed by atoms with Crippen molar-refractivity contribution in [3.63, 3.8) is 0 Å². The lowest BCUT2D eigenvalue weighted by molar-refractivity contribution is -0.144. The first-order valence-electron chi connectivity index (χ1n) is 8.11. The van der Waals surface area contributed by atoms with Gasteiger partial charge in [-0.3, -0.25) is 9.59 Å². The highest BCUT2D eigenvalue weighted by molar-refractivity contribution is 6.39. The van der Waals surface area contributed by atoms with Crippen molar-refractivity contribution in [1.29, 1.82) is 0 Å². The number of anilines is 1. The van der Waals surface area contributed by atoms with E-state index in [9.17, 15) is 9.59 Å². The van der Waals surface area contributed by atoms with Crippen LogP contribution < -0.4 is 10.1 Å². The molecule has 1 atom stereocenters. The Morgan fingerprint density at radius 3 is 2.72 bits per heavy atom. The second-order valence-electron chi connectivity index (χ2n) is 5.95. The smallest absolute Gasteiger partial charge is 0.313 e. The number of aryl methyl sites for hydroxylation is 1. The third-order valence-electron chi connectivity index (χ3n) is 4.14. The highest BCUT2D eigenvalue weighted by atomic mass is 16.5. The number of amides is 2. The highest BCUT2D eigenvalue weighted by Gasteiger charge is 2.31. The van der Waals surface area contributed by atoms with Crippen LogP contribution in [0.1, 0.15) is 30.5 Å². The maximum absolute atomic E-state index is 12.4. The molecule has 8 heteroatoms. The summed E-state index contributed by atoms with van der Waals surface area (Å²) in [5.74, 6) is 0.510. The van der Waals surface area contributed by atoms with Crippen LogP contribution in [0.4, 0.5) is 5.69 Å². The number of methoxy groups -OCH3 is 1. The number of hydrogen-bond donors (Lipinski definition) is 1. The van der Waals surface area contributed by atoms with E-state index in [4.69, 9.17) is 9.26 Å². The molecule has 0 aliphatic carbocycles. The Labute approximate surface area is 145 Å². The molecule has 2 amide bonds. The summed E-state index contributed by atoms with van der Waals surface area (Å²) in [5, 5.41) is 6.40. The number of nitrogens with zero attached hydrogens (tertiary/aromatic N) is 3. The van der Waals surface area contributed by atoms with Gasteiger partial charge < -0.3 is 19.5 Å². The van der Waals surface area contributed by atoms with E-state index in [0.717, 1.165) is 12.8 Å². The molecule has 1 aliphatic rings. The van der Waals surface area contributed by atoms with E-state index in [1.54, 1.807) is 38.3 Å². The first kappa shape index (κ1) is 16.9. The minimum Gasteiger partial charge on any atom is -0.497 e. The van der Waals surface area contributed by atoms with Crippen molar-refractivity contribution >= 4 is 17.5 Å². The molecule has 0 saturated carbocycles. The Hall–Kier alpha value is -2.90. The lowest BCUT2D eigenvalue weighted by atomic mass is 9.98. The van der Waals surface area contributed by atoms with Crippen molar-refractivity contribution in [1.82, 2.24) is 15.0 Å². The zero-order chi connectivity index (χ0) is 17.8. The molecule has 8 nitrogen and oxygen atoms in total. The van der Waals surface area contributed by atoms with Crippen molar-refractivity contribution in [3.05, 3.63) is 36.0 Å². The number of benzene rings is 1. The molecule has 1 aromatic carbocycles. The van der Waals surface area contributed by atoms with Gasteiger partial charge in [-0.15, -0.1) is 0 Å². The fourth-order valence-corrected chi connectivity index (χ4v) is 2.84. The summed E-state index contributed by atoms with van der Waals surface area (Å²) < 4.78 is 10.3. The third kappa shape index (κ3) is 3.96. The second-order valence-corrected chi connectivity index (χ2v) is 5.95. The molecule has 2 heterocycles. The predicted octanol–water partition coefficient (Wildman–Crippen LogP) is 1.73. The normalized spacial score (nSPS) is 17.2. The van der Waals surface area contributed by atoms with Crippen LogP contribution in [0.5, 0.6) is 5.75 Å². The Kier molecular flexibility index (Phi) is 4.97. The lowest BCUT2D eigenvalue weighted by Gasteiger charge is -2.30. The number of piperidine rings is 1. The predicted molar refractivity (Wildman–Crippen MR) is 89.2 cm³/mol. The standard InChI is InChI=1S/C17H20N4O4/c1-11-18-16(25-20-11)12-4-3-9-21(10-12)17(23)15(22)19-13-5-7-14(24-2)8-6-13/h5-8,12H,3-4,9-10H2,1-2H3,(H,19,22). The Morgan fingerprint density at radius 2 is 2.08 bits per heavy atom. The second kappa shape index (κ2) is 7.33. The molecule has 1 saturated heterocycles. The minimum atomic E-state index is -0.660. The fourth-order valence-electron chi connectivity index (χ4n) is 2.84. The van der Waals surface area contributed by atoms with E-state index < -0.39 is 11.8 Å². The summed E-state index contributed by atoms with van der Waals surface area (Å²) in [6.45, 7) is 2.69. The quantitative estimate of drug-likeness (QED) is 0.852. The molecule has 1 fully saturated rings. The number of carbonyl (C=O) groups is 2. The summed E-state index contributed by atoms with van der Waals surface area (Å²) in [5.41, 5.74) is 0.542. The molecule has 132 valence electrons. The van der Waals surface area contributed by atoms with Crippen LogP contribution in [0.3, 0.4) is 0 Å². The maximum atomic E-state index is 12.4. The van der Waals surface area contributed by atoms with Crippen LogP contribution in [0, 0.1) is 6.92 Å². The summed E-state index contributed by atoms with van der Waals surface area (Å²) in [7, 11) is 1.56. The van der Waals surface area contributed by atoms with Crippen LogP contribution in [-0.4, -0.2) is 47.1 Å². The van der Waals surface area contributed by atoms with Crippen molar-refractivity contribution in [3.8, 4) is 5.75 Å². The molecule has 0 bridgehead atoms. The number of hydrogen-bond acceptors (Lipinski definition) is 6. The molecule has 1 N–H and O–H groups in total. The van der Waals surface area contributed by atoms with Gasteiger partial charge in [0.2, 0.25) is 5.89 Å². The molecule has 1 aliphatic heterocycles. The highest BCUT2D eigenvalue weighted by Crippen LogP contribution is 2.26. The van der Waals surface area contributed by atoms with Crippen molar-refractivity contribution in [2.45, 2.75) is 25.7 Å². The molecule has 1 aromatic heterocycles. The van der Waals surface area contributed by atoms with Crippen molar-refractivity contribution in [2.24, 2.45) is 0 Å². The number of carbonyl (C=O) groups excluding carboxylic acids is 2. The topological polar surface area (TPSA) is 97.6 Å². The SMILES string of the molecule is COc1ccc(NC(=O)C(=O)N2CCCC(c3nc(C)no3)C2)cc1. The Bertz CT molecular complexity index is 756. The monoisotopic (exact) mass is 344 g/mol. The van der Waals surface area contributed by atoms with E-state index in [1.165, 1.54) is 4.90 Å². The van der Waals surface area contributed by atoms with E-state index >= 15 is 0 Å². The van der Waals surface area contributed by atoms with Crippen LogP contribution in [0.2, 0.25) is 0 Å². The molecule has 3 rings (SSSR count). The van der Waals surface area contributed by atoms with Gasteiger partial charge in [0.15, 0.2) is 5.82 Å². The van der Waals surface area contributed by atoms with Gasteiger partial charge >= 0.3 is 11.8 Å². The zero-order valence-corrected chi connectivity index (χ0v) is 14.2. The molecule has 1 unspecified atom stereocenters. The summed E-state index contributed by atoms with van der Waals surface area (Å²) in [6, 6.07) is 6.80. The molecule has 0 spiro atoms. The molecule has 25 heavy (non-hydrogen) atoms. The van der Waals surface area contributed by atoms with Gasteiger partial charge in [-0.05, 0) is 44.0 Å². The van der Waals surface area contributed by atoms with Gasteiger partial charge in [0.1, 0.15) is 5.75 Å². The largest absolute Gasteiger partial charge is 0.497 e. The van der Waals surface area contributed by atoms with E-state index in [0.29, 0.717) is 36.2 Å². The summed E-state index contributed by atoms with van der Waals surface area (Å²) in [4.78, 5) is 30.4. The summed E-state index contributed by atoms with van der Waals surface area (Å²) in [6.07, 6.45) is 1.64. The van der Waals surface area contributed by atoms with Crippen molar-refractivity contribution in [2.75, 3.05) is 25.5 Å². The van der Waals surface area contributed by atoms with Gasteiger partial charge in [-0.25, -0.2) is 0 Å². The number of likely N-dealkylation sites (tertiary alicyclic amines) is 1. The first-order valence-corrected chi connectivity index (χ1v) is 8.11. The van der Waals surface area contributed by atoms with Gasteiger partial charge in [0.05, 0.1) is 13.0 Å². The van der Waals surface area contributed by atoms with E-state index in [-0.39, 0.29) is 5.92 Å². The number of nitrogens with one attached hydrogen (secondary N) is 1. The minimum absolute atomic E-state index is 0.0345. The van der Waals surface area contributed by atoms with Crippen LogP contribution in [0.15, 0.2) is 28.8 Å². The third-order valence-corrected chi connectivity index (χ3v) is 4.14. The van der Waals surface area contributed by atoms with Gasteiger partial charge in [-0.1, -0.05) is 5.16 Å².